The molecule has 1 aromatic carbocycles. The molecule has 0 amide bonds. The lowest BCUT2D eigenvalue weighted by Gasteiger charge is -2.23. The number of fused-ring (bicyclic) bond motifs is 1. The molecule has 1 aliphatic rings. The van der Waals surface area contributed by atoms with E-state index in [4.69, 9.17) is 0 Å². The van der Waals surface area contributed by atoms with Gasteiger partial charge in [0.05, 0.1) is 12.1 Å². The smallest absolute Gasteiger partial charge is 0.341 e. The number of rotatable bonds is 6. The second-order valence-electron chi connectivity index (χ2n) is 6.80. The number of pyridine rings is 1. The summed E-state index contributed by atoms with van der Waals surface area (Å²) >= 11 is 1.71. The summed E-state index contributed by atoms with van der Waals surface area (Å²) in [6.45, 7) is 2.28. The normalized spacial score (nSPS) is 19.3. The van der Waals surface area contributed by atoms with Crippen molar-refractivity contribution in [1.82, 2.24) is 4.57 Å². The Morgan fingerprint density at radius 2 is 2.11 bits per heavy atom. The van der Waals surface area contributed by atoms with Crippen LogP contribution in [0.3, 0.4) is 0 Å². The average molecular weight is 385 g/mol. The topological polar surface area (TPSA) is 79.5 Å². The molecule has 0 saturated carbocycles. The molecule has 2 unspecified atom stereocenters. The van der Waals surface area contributed by atoms with Crippen LogP contribution in [0.25, 0.3) is 10.9 Å². The van der Waals surface area contributed by atoms with Crippen LogP contribution in [0.4, 0.5) is 0 Å². The summed E-state index contributed by atoms with van der Waals surface area (Å²) in [7, 11) is 0. The van der Waals surface area contributed by atoms with Crippen LogP contribution in [-0.2, 0) is 13.0 Å². The molecule has 0 radical (unpaired) electrons. The monoisotopic (exact) mass is 385 g/mol. The predicted octanol–water partition coefficient (Wildman–Crippen LogP) is 3.30. The Kier molecular flexibility index (Phi) is 5.87. The number of hydrogen-bond acceptors (Lipinski definition) is 4. The average Bonchev–Trinajstić information content (AvgIpc) is 2.65. The molecule has 0 aliphatic heterocycles. The number of thioether (sulfide) groups is 1. The van der Waals surface area contributed by atoms with Gasteiger partial charge in [0, 0.05) is 23.0 Å². The van der Waals surface area contributed by atoms with Crippen LogP contribution in [0.15, 0.2) is 52.3 Å². The minimum atomic E-state index is -1.25. The highest BCUT2D eigenvalue weighted by atomic mass is 32.2. The van der Waals surface area contributed by atoms with Gasteiger partial charge in [-0.1, -0.05) is 31.2 Å². The molecule has 2 N–H and O–H groups in total. The number of aromatic carboxylic acids is 1. The lowest BCUT2D eigenvalue weighted by Crippen LogP contribution is -2.20. The molecule has 2 atom stereocenters. The first-order valence-electron chi connectivity index (χ1n) is 8.89. The Balaban J connectivity index is 2.05. The minimum Gasteiger partial charge on any atom is -0.477 e. The Labute approximate surface area is 162 Å². The molecule has 0 saturated heterocycles. The molecule has 142 valence electrons. The maximum absolute atomic E-state index is 12.7. The molecule has 3 rings (SSSR count). The summed E-state index contributed by atoms with van der Waals surface area (Å²) < 4.78 is 1.63. The van der Waals surface area contributed by atoms with Crippen molar-refractivity contribution in [2.24, 2.45) is 11.8 Å². The Hall–Kier alpha value is -2.31. The van der Waals surface area contributed by atoms with Crippen molar-refractivity contribution in [3.63, 3.8) is 0 Å². The first kappa shape index (κ1) is 19.5. The van der Waals surface area contributed by atoms with Crippen molar-refractivity contribution in [2.45, 2.75) is 19.9 Å². The standard InChI is InChI=1S/C21H23NO4S/c1-13-3-5-16(27-2)11-15(13)9-14-4-6-19-17(10-14)20(24)18(21(25)26)12-22(19)7-8-23/h3-6,10-13,15,23H,7-9H2,1-2H3,(H,25,26). The molecule has 27 heavy (non-hydrogen) atoms. The van der Waals surface area contributed by atoms with E-state index in [1.807, 2.05) is 12.1 Å². The number of aliphatic hydroxyl groups excluding tert-OH is 1. The van der Waals surface area contributed by atoms with Crippen molar-refractivity contribution in [1.29, 1.82) is 0 Å². The zero-order valence-corrected chi connectivity index (χ0v) is 16.2. The summed E-state index contributed by atoms with van der Waals surface area (Å²) in [4.78, 5) is 25.3. The van der Waals surface area contributed by atoms with Gasteiger partial charge >= 0.3 is 5.97 Å². The summed E-state index contributed by atoms with van der Waals surface area (Å²) in [5.74, 6) is -0.525. The zero-order chi connectivity index (χ0) is 19.6. The third kappa shape index (κ3) is 4.01. The quantitative estimate of drug-likeness (QED) is 0.798. The first-order chi connectivity index (χ1) is 12.9. The lowest BCUT2D eigenvalue weighted by atomic mass is 9.85. The van der Waals surface area contributed by atoms with E-state index in [9.17, 15) is 19.8 Å². The number of carboxylic acids is 1. The van der Waals surface area contributed by atoms with E-state index >= 15 is 0 Å². The van der Waals surface area contributed by atoms with Crippen molar-refractivity contribution in [2.75, 3.05) is 12.9 Å². The van der Waals surface area contributed by atoms with Gasteiger partial charge in [0.2, 0.25) is 5.43 Å². The van der Waals surface area contributed by atoms with E-state index in [0.29, 0.717) is 22.7 Å². The van der Waals surface area contributed by atoms with Crippen LogP contribution in [0, 0.1) is 11.8 Å². The minimum absolute atomic E-state index is 0.132. The first-order valence-corrected chi connectivity index (χ1v) is 10.1. The molecule has 1 aliphatic carbocycles. The van der Waals surface area contributed by atoms with E-state index in [2.05, 4.69) is 31.4 Å². The molecule has 1 heterocycles. The molecule has 0 fully saturated rings. The number of aliphatic hydroxyl groups is 1. The molecule has 1 aromatic heterocycles. The fourth-order valence-electron chi connectivity index (χ4n) is 3.48. The van der Waals surface area contributed by atoms with Crippen LogP contribution in [0.5, 0.6) is 0 Å². The van der Waals surface area contributed by atoms with Gasteiger partial charge in [0.15, 0.2) is 0 Å². The highest BCUT2D eigenvalue weighted by Crippen LogP contribution is 2.30. The van der Waals surface area contributed by atoms with Crippen molar-refractivity contribution in [3.05, 3.63) is 68.9 Å². The van der Waals surface area contributed by atoms with E-state index in [-0.39, 0.29) is 18.7 Å². The number of benzene rings is 1. The molecular weight excluding hydrogens is 362 g/mol. The highest BCUT2D eigenvalue weighted by Gasteiger charge is 2.19. The Morgan fingerprint density at radius 3 is 2.78 bits per heavy atom. The van der Waals surface area contributed by atoms with Gasteiger partial charge in [-0.05, 0) is 42.2 Å². The predicted molar refractivity (Wildman–Crippen MR) is 109 cm³/mol. The number of carbonyl (C=O) groups is 1. The molecular formula is C21H23NO4S. The Morgan fingerprint density at radius 1 is 1.33 bits per heavy atom. The van der Waals surface area contributed by atoms with Gasteiger partial charge in [-0.3, -0.25) is 4.79 Å². The molecule has 0 bridgehead atoms. The summed E-state index contributed by atoms with van der Waals surface area (Å²) in [5.41, 5.74) is 0.887. The van der Waals surface area contributed by atoms with Crippen LogP contribution in [0.1, 0.15) is 22.8 Å². The lowest BCUT2D eigenvalue weighted by molar-refractivity contribution is 0.0694. The van der Waals surface area contributed by atoms with Gasteiger partial charge < -0.3 is 14.8 Å². The SMILES string of the molecule is CSC1=CC(Cc2ccc3c(c2)c(=O)c(C(=O)O)cn3CCO)C(C)C=C1. The van der Waals surface area contributed by atoms with Crippen molar-refractivity contribution in [3.8, 4) is 0 Å². The van der Waals surface area contributed by atoms with Crippen molar-refractivity contribution >= 4 is 28.6 Å². The van der Waals surface area contributed by atoms with E-state index in [1.165, 1.54) is 11.1 Å². The second-order valence-corrected chi connectivity index (χ2v) is 7.68. The maximum atomic E-state index is 12.7. The maximum Gasteiger partial charge on any atom is 0.341 e. The number of nitrogens with zero attached hydrogens (tertiary/aromatic N) is 1. The van der Waals surface area contributed by atoms with Gasteiger partial charge in [-0.15, -0.1) is 11.8 Å². The number of allylic oxidation sites excluding steroid dienone is 3. The highest BCUT2D eigenvalue weighted by molar-refractivity contribution is 8.02. The van der Waals surface area contributed by atoms with Gasteiger partial charge in [-0.2, -0.15) is 0 Å². The fraction of sp³-hybridized carbons (Fsp3) is 0.333. The third-order valence-electron chi connectivity index (χ3n) is 5.04. The summed E-state index contributed by atoms with van der Waals surface area (Å²) in [6.07, 6.45) is 10.7. The largest absolute Gasteiger partial charge is 0.477 e. The van der Waals surface area contributed by atoms with E-state index < -0.39 is 11.4 Å². The van der Waals surface area contributed by atoms with Crippen LogP contribution in [-0.4, -0.2) is 33.6 Å². The zero-order valence-electron chi connectivity index (χ0n) is 15.4. The summed E-state index contributed by atoms with van der Waals surface area (Å²) in [6, 6.07) is 5.62. The summed E-state index contributed by atoms with van der Waals surface area (Å²) in [5, 5.41) is 19.0. The van der Waals surface area contributed by atoms with Crippen molar-refractivity contribution < 1.29 is 15.0 Å². The van der Waals surface area contributed by atoms with Gasteiger partial charge in [0.1, 0.15) is 5.56 Å². The fourth-order valence-corrected chi connectivity index (χ4v) is 4.00. The Bertz CT molecular complexity index is 990. The van der Waals surface area contributed by atoms with Crippen LogP contribution in [0.2, 0.25) is 0 Å². The number of aromatic nitrogens is 1. The number of carboxylic acid groups (broad SMARTS) is 1. The van der Waals surface area contributed by atoms with E-state index in [1.54, 1.807) is 22.4 Å². The van der Waals surface area contributed by atoms with Gasteiger partial charge in [-0.25, -0.2) is 4.79 Å². The van der Waals surface area contributed by atoms with Crippen LogP contribution < -0.4 is 5.43 Å². The molecule has 2 aromatic rings. The third-order valence-corrected chi connectivity index (χ3v) is 5.78. The molecule has 5 nitrogen and oxygen atoms in total. The molecule has 6 heteroatoms. The molecule has 0 spiro atoms. The van der Waals surface area contributed by atoms with E-state index in [0.717, 1.165) is 12.0 Å². The second kappa shape index (κ2) is 8.15. The van der Waals surface area contributed by atoms with Gasteiger partial charge in [0.25, 0.3) is 0 Å². The van der Waals surface area contributed by atoms with Crippen LogP contribution >= 0.6 is 11.8 Å². The number of hydrogen-bond donors (Lipinski definition) is 2.